The highest BCUT2D eigenvalue weighted by Gasteiger charge is 2.13. The maximum absolute atomic E-state index is 12.0. The van der Waals surface area contributed by atoms with Crippen LogP contribution < -0.4 is 14.2 Å². The van der Waals surface area contributed by atoms with Gasteiger partial charge in [0.1, 0.15) is 5.75 Å². The van der Waals surface area contributed by atoms with Crippen LogP contribution in [0, 0.1) is 0 Å². The van der Waals surface area contributed by atoms with Crippen LogP contribution >= 0.6 is 0 Å². The van der Waals surface area contributed by atoms with Crippen molar-refractivity contribution in [3.05, 3.63) is 59.7 Å². The Balaban J connectivity index is 2.03. The van der Waals surface area contributed by atoms with E-state index in [9.17, 15) is 4.79 Å². The molecule has 0 aromatic heterocycles. The van der Waals surface area contributed by atoms with E-state index < -0.39 is 5.97 Å². The van der Waals surface area contributed by atoms with Gasteiger partial charge in [-0.2, -0.15) is 0 Å². The van der Waals surface area contributed by atoms with Crippen LogP contribution in [0.5, 0.6) is 17.2 Å². The zero-order valence-corrected chi connectivity index (χ0v) is 15.3. The summed E-state index contributed by atoms with van der Waals surface area (Å²) in [4.78, 5) is 12.0. The molecule has 132 valence electrons. The molecule has 2 aromatic carbocycles. The lowest BCUT2D eigenvalue weighted by molar-refractivity contribution is -0.128. The quantitative estimate of drug-likeness (QED) is 0.452. The number of hydrogen-bond acceptors (Lipinski definition) is 4. The van der Waals surface area contributed by atoms with Crippen molar-refractivity contribution in [2.75, 3.05) is 14.2 Å². The van der Waals surface area contributed by atoms with E-state index in [1.165, 1.54) is 11.6 Å². The summed E-state index contributed by atoms with van der Waals surface area (Å²) >= 11 is 0. The SMILES string of the molecule is COc1ccc(C=CC(=O)Oc2ccc(C(C)(C)C)cc2)cc1OC. The van der Waals surface area contributed by atoms with Gasteiger partial charge in [0.05, 0.1) is 14.2 Å². The molecule has 0 aliphatic carbocycles. The van der Waals surface area contributed by atoms with Gasteiger partial charge in [-0.15, -0.1) is 0 Å². The van der Waals surface area contributed by atoms with E-state index in [0.29, 0.717) is 17.2 Å². The first-order valence-electron chi connectivity index (χ1n) is 8.06. The minimum absolute atomic E-state index is 0.0653. The van der Waals surface area contributed by atoms with E-state index in [1.54, 1.807) is 32.4 Å². The molecular weight excluding hydrogens is 316 g/mol. The monoisotopic (exact) mass is 340 g/mol. The molecule has 0 fully saturated rings. The largest absolute Gasteiger partial charge is 0.493 e. The van der Waals surface area contributed by atoms with E-state index in [1.807, 2.05) is 30.3 Å². The van der Waals surface area contributed by atoms with Crippen molar-refractivity contribution < 1.29 is 19.0 Å². The van der Waals surface area contributed by atoms with Gasteiger partial charge < -0.3 is 14.2 Å². The summed E-state index contributed by atoms with van der Waals surface area (Å²) in [6, 6.07) is 13.0. The first-order chi connectivity index (χ1) is 11.8. The maximum Gasteiger partial charge on any atom is 0.336 e. The number of methoxy groups -OCH3 is 2. The van der Waals surface area contributed by atoms with Crippen molar-refractivity contribution in [3.8, 4) is 17.2 Å². The molecule has 0 amide bonds. The van der Waals surface area contributed by atoms with Gasteiger partial charge in [0.25, 0.3) is 0 Å². The summed E-state index contributed by atoms with van der Waals surface area (Å²) < 4.78 is 15.8. The Labute approximate surface area is 149 Å². The molecule has 0 unspecified atom stereocenters. The number of rotatable bonds is 5. The fraction of sp³-hybridized carbons (Fsp3) is 0.286. The number of carbonyl (C=O) groups excluding carboxylic acids is 1. The maximum atomic E-state index is 12.0. The van der Waals surface area contributed by atoms with E-state index in [2.05, 4.69) is 20.8 Å². The average molecular weight is 340 g/mol. The highest BCUT2D eigenvalue weighted by molar-refractivity contribution is 5.88. The van der Waals surface area contributed by atoms with Crippen LogP contribution in [-0.4, -0.2) is 20.2 Å². The molecule has 0 saturated carbocycles. The highest BCUT2D eigenvalue weighted by atomic mass is 16.5. The molecule has 4 nitrogen and oxygen atoms in total. The van der Waals surface area contributed by atoms with Crippen LogP contribution in [0.25, 0.3) is 6.08 Å². The molecule has 0 radical (unpaired) electrons. The Bertz CT molecular complexity index is 752. The molecule has 0 atom stereocenters. The normalized spacial score (nSPS) is 11.4. The van der Waals surface area contributed by atoms with Crippen molar-refractivity contribution in [1.29, 1.82) is 0 Å². The summed E-state index contributed by atoms with van der Waals surface area (Å²) in [5.41, 5.74) is 2.07. The number of hydrogen-bond donors (Lipinski definition) is 0. The second-order valence-electron chi connectivity index (χ2n) is 6.64. The number of ether oxygens (including phenoxy) is 3. The predicted octanol–water partition coefficient (Wildman–Crippen LogP) is 4.62. The molecule has 2 rings (SSSR count). The Kier molecular flexibility index (Phi) is 5.86. The Morgan fingerprint density at radius 1 is 0.920 bits per heavy atom. The van der Waals surface area contributed by atoms with Gasteiger partial charge in [-0.05, 0) is 46.9 Å². The molecule has 0 aliphatic rings. The second kappa shape index (κ2) is 7.88. The number of carbonyl (C=O) groups is 1. The van der Waals surface area contributed by atoms with Crippen LogP contribution in [-0.2, 0) is 10.2 Å². The van der Waals surface area contributed by atoms with Gasteiger partial charge in [-0.3, -0.25) is 0 Å². The minimum atomic E-state index is -0.432. The van der Waals surface area contributed by atoms with Gasteiger partial charge >= 0.3 is 5.97 Å². The van der Waals surface area contributed by atoms with E-state index in [4.69, 9.17) is 14.2 Å². The van der Waals surface area contributed by atoms with Crippen LogP contribution in [0.4, 0.5) is 0 Å². The minimum Gasteiger partial charge on any atom is -0.493 e. The third kappa shape index (κ3) is 5.11. The molecule has 0 spiro atoms. The van der Waals surface area contributed by atoms with Crippen molar-refractivity contribution in [2.24, 2.45) is 0 Å². The van der Waals surface area contributed by atoms with Crippen molar-refractivity contribution in [2.45, 2.75) is 26.2 Å². The van der Waals surface area contributed by atoms with Gasteiger partial charge in [0, 0.05) is 6.08 Å². The van der Waals surface area contributed by atoms with Crippen LogP contribution in [0.1, 0.15) is 31.9 Å². The van der Waals surface area contributed by atoms with Crippen molar-refractivity contribution in [1.82, 2.24) is 0 Å². The zero-order valence-electron chi connectivity index (χ0n) is 15.3. The predicted molar refractivity (Wildman–Crippen MR) is 99.4 cm³/mol. The van der Waals surface area contributed by atoms with Gasteiger partial charge in [0.2, 0.25) is 0 Å². The third-order valence-electron chi connectivity index (χ3n) is 3.76. The van der Waals surface area contributed by atoms with E-state index >= 15 is 0 Å². The lowest BCUT2D eigenvalue weighted by atomic mass is 9.87. The van der Waals surface area contributed by atoms with Crippen LogP contribution in [0.3, 0.4) is 0 Å². The van der Waals surface area contributed by atoms with Crippen LogP contribution in [0.2, 0.25) is 0 Å². The van der Waals surface area contributed by atoms with Gasteiger partial charge in [0.15, 0.2) is 11.5 Å². The van der Waals surface area contributed by atoms with E-state index in [0.717, 1.165) is 5.56 Å². The Hall–Kier alpha value is -2.75. The summed E-state index contributed by atoms with van der Waals surface area (Å²) in [7, 11) is 3.15. The summed E-state index contributed by atoms with van der Waals surface area (Å²) in [6.45, 7) is 6.42. The van der Waals surface area contributed by atoms with Gasteiger partial charge in [-0.1, -0.05) is 39.0 Å². The smallest absolute Gasteiger partial charge is 0.336 e. The molecule has 0 heterocycles. The van der Waals surface area contributed by atoms with Crippen molar-refractivity contribution in [3.63, 3.8) is 0 Å². The number of benzene rings is 2. The first-order valence-corrected chi connectivity index (χ1v) is 8.06. The molecule has 0 N–H and O–H groups in total. The summed E-state index contributed by atoms with van der Waals surface area (Å²) in [6.07, 6.45) is 3.06. The first kappa shape index (κ1) is 18.6. The topological polar surface area (TPSA) is 44.8 Å². The standard InChI is InChI=1S/C21H24O4/c1-21(2,3)16-8-10-17(11-9-16)25-20(22)13-7-15-6-12-18(23-4)19(14-15)24-5/h6-14H,1-5H3. The lowest BCUT2D eigenvalue weighted by Crippen LogP contribution is -2.11. The highest BCUT2D eigenvalue weighted by Crippen LogP contribution is 2.28. The van der Waals surface area contributed by atoms with E-state index in [-0.39, 0.29) is 5.41 Å². The zero-order chi connectivity index (χ0) is 18.4. The molecule has 4 heteroatoms. The van der Waals surface area contributed by atoms with Crippen LogP contribution in [0.15, 0.2) is 48.5 Å². The Morgan fingerprint density at radius 2 is 1.56 bits per heavy atom. The molecule has 0 bridgehead atoms. The second-order valence-corrected chi connectivity index (χ2v) is 6.64. The fourth-order valence-electron chi connectivity index (χ4n) is 2.29. The van der Waals surface area contributed by atoms with Gasteiger partial charge in [-0.25, -0.2) is 4.79 Å². The fourth-order valence-corrected chi connectivity index (χ4v) is 2.29. The molecule has 2 aromatic rings. The molecule has 25 heavy (non-hydrogen) atoms. The lowest BCUT2D eigenvalue weighted by Gasteiger charge is -2.18. The number of esters is 1. The summed E-state index contributed by atoms with van der Waals surface area (Å²) in [5, 5.41) is 0. The molecule has 0 saturated heterocycles. The third-order valence-corrected chi connectivity index (χ3v) is 3.76. The molecular formula is C21H24O4. The van der Waals surface area contributed by atoms with Crippen molar-refractivity contribution >= 4 is 12.0 Å². The Morgan fingerprint density at radius 3 is 2.12 bits per heavy atom. The average Bonchev–Trinajstić information content (AvgIpc) is 2.59. The summed E-state index contributed by atoms with van der Waals surface area (Å²) in [5.74, 6) is 1.34. The molecule has 0 aliphatic heterocycles.